The summed E-state index contributed by atoms with van der Waals surface area (Å²) in [6, 6.07) is 3.83. The molecule has 0 atom stereocenters. The van der Waals surface area contributed by atoms with Crippen molar-refractivity contribution in [3.63, 3.8) is 0 Å². The highest BCUT2D eigenvalue weighted by atomic mass is 35.9. The number of rotatable bonds is 1. The minimum absolute atomic E-state index is 0.212. The number of halogens is 5. The summed E-state index contributed by atoms with van der Waals surface area (Å²) < 4.78 is 47.6. The van der Waals surface area contributed by atoms with Gasteiger partial charge < -0.3 is 0 Å². The monoisotopic (exact) mass is 262 g/mol. The van der Waals surface area contributed by atoms with Crippen molar-refractivity contribution < 1.29 is 17.7 Å². The lowest BCUT2D eigenvalue weighted by Gasteiger charge is -2.08. The fourth-order valence-corrected chi connectivity index (χ4v) is 2.02. The minimum atomic E-state index is -4.49. The van der Waals surface area contributed by atoms with Gasteiger partial charge in [0.1, 0.15) is 0 Å². The van der Waals surface area contributed by atoms with E-state index in [0.717, 1.165) is 12.1 Å². The predicted molar refractivity (Wildman–Crippen MR) is 50.4 cm³/mol. The van der Waals surface area contributed by atoms with Gasteiger partial charge in [-0.05, 0) is 40.7 Å². The maximum atomic E-state index is 12.2. The molecule has 14 heavy (non-hydrogen) atoms. The molecule has 1 aromatic carbocycles. The first-order valence-electron chi connectivity index (χ1n) is 3.38. The van der Waals surface area contributed by atoms with Crippen molar-refractivity contribution in [3.05, 3.63) is 29.8 Å². The fourth-order valence-electron chi connectivity index (χ4n) is 0.844. The predicted octanol–water partition coefficient (Wildman–Crippen LogP) is 4.00. The molecule has 0 amide bonds. The van der Waals surface area contributed by atoms with Gasteiger partial charge in [0.25, 0.3) is 5.85 Å². The molecule has 1 aromatic rings. The summed E-state index contributed by atoms with van der Waals surface area (Å²) in [5.41, 5.74) is -0.920. The molecule has 0 N–H and O–H groups in total. The van der Waals surface area contributed by atoms with Gasteiger partial charge in [-0.3, -0.25) is 4.57 Å². The van der Waals surface area contributed by atoms with E-state index in [0.29, 0.717) is 6.07 Å². The molecule has 0 unspecified atom stereocenters. The van der Waals surface area contributed by atoms with Gasteiger partial charge in [-0.15, -0.1) is 0 Å². The van der Waals surface area contributed by atoms with E-state index in [-0.39, 0.29) is 5.30 Å². The van der Waals surface area contributed by atoms with Gasteiger partial charge in [-0.2, -0.15) is 13.2 Å². The van der Waals surface area contributed by atoms with Crippen LogP contribution in [-0.2, 0) is 10.7 Å². The summed E-state index contributed by atoms with van der Waals surface area (Å²) in [4.78, 5) is 0. The van der Waals surface area contributed by atoms with Crippen LogP contribution in [-0.4, -0.2) is 0 Å². The van der Waals surface area contributed by atoms with Crippen LogP contribution in [0.2, 0.25) is 0 Å². The molecule has 7 heteroatoms. The Morgan fingerprint density at radius 1 is 1.21 bits per heavy atom. The normalized spacial score (nSPS) is 12.9. The van der Waals surface area contributed by atoms with Gasteiger partial charge in [0.05, 0.1) is 5.56 Å². The molecular weight excluding hydrogens is 259 g/mol. The second kappa shape index (κ2) is 3.76. The Morgan fingerprint density at radius 2 is 1.79 bits per heavy atom. The lowest BCUT2D eigenvalue weighted by molar-refractivity contribution is -0.137. The molecular formula is C7H4Cl2F3OP. The Kier molecular flexibility index (Phi) is 3.20. The largest absolute Gasteiger partial charge is 0.416 e. The average molecular weight is 263 g/mol. The second-order valence-corrected chi connectivity index (χ2v) is 7.33. The topological polar surface area (TPSA) is 17.1 Å². The van der Waals surface area contributed by atoms with Crippen molar-refractivity contribution in [2.75, 3.05) is 0 Å². The molecule has 1 rings (SSSR count). The van der Waals surface area contributed by atoms with Crippen LogP contribution in [0.4, 0.5) is 13.2 Å². The molecule has 1 nitrogen and oxygen atoms in total. The van der Waals surface area contributed by atoms with E-state index in [1.165, 1.54) is 6.07 Å². The maximum absolute atomic E-state index is 12.2. The first-order valence-corrected chi connectivity index (χ1v) is 6.90. The summed E-state index contributed by atoms with van der Waals surface area (Å²) in [6.07, 6.45) is -4.49. The second-order valence-electron chi connectivity index (χ2n) is 2.51. The number of hydrogen-bond donors (Lipinski definition) is 0. The Balaban J connectivity index is 3.22. The average Bonchev–Trinajstić information content (AvgIpc) is 2.01. The molecule has 0 saturated carbocycles. The molecule has 0 heterocycles. The van der Waals surface area contributed by atoms with Crippen LogP contribution in [0.1, 0.15) is 5.56 Å². The van der Waals surface area contributed by atoms with E-state index in [4.69, 9.17) is 22.5 Å². The summed E-state index contributed by atoms with van der Waals surface area (Å²) in [5, 5.41) is -0.212. The maximum Gasteiger partial charge on any atom is 0.416 e. The summed E-state index contributed by atoms with van der Waals surface area (Å²) in [5.74, 6) is -3.67. The van der Waals surface area contributed by atoms with E-state index >= 15 is 0 Å². The molecule has 78 valence electrons. The van der Waals surface area contributed by atoms with Gasteiger partial charge in [0, 0.05) is 5.30 Å². The van der Waals surface area contributed by atoms with E-state index in [1.54, 1.807) is 0 Å². The van der Waals surface area contributed by atoms with Gasteiger partial charge in [0.15, 0.2) is 0 Å². The molecule has 0 radical (unpaired) electrons. The molecule has 0 aliphatic carbocycles. The number of alkyl halides is 3. The van der Waals surface area contributed by atoms with Gasteiger partial charge in [0.2, 0.25) is 0 Å². The Morgan fingerprint density at radius 3 is 2.21 bits per heavy atom. The standard InChI is InChI=1S/C7H4Cl2F3OP/c8-14(9,13)6-3-1-2-5(4-6)7(10,11)12/h1-4H. The van der Waals surface area contributed by atoms with Crippen molar-refractivity contribution in [2.24, 2.45) is 0 Å². The quantitative estimate of drug-likeness (QED) is 0.700. The third-order valence-corrected chi connectivity index (χ3v) is 3.52. The van der Waals surface area contributed by atoms with Crippen LogP contribution in [0.15, 0.2) is 24.3 Å². The first kappa shape index (κ1) is 11.9. The third-order valence-electron chi connectivity index (χ3n) is 1.47. The van der Waals surface area contributed by atoms with Crippen molar-refractivity contribution in [2.45, 2.75) is 6.18 Å². The summed E-state index contributed by atoms with van der Waals surface area (Å²) >= 11 is 10.5. The van der Waals surface area contributed by atoms with Crippen molar-refractivity contribution in [1.82, 2.24) is 0 Å². The minimum Gasteiger partial charge on any atom is -0.284 e. The lowest BCUT2D eigenvalue weighted by Crippen LogP contribution is -2.09. The van der Waals surface area contributed by atoms with Gasteiger partial charge in [-0.1, -0.05) is 6.07 Å². The summed E-state index contributed by atoms with van der Waals surface area (Å²) in [7, 11) is 0. The SMILES string of the molecule is O=P(Cl)(Cl)c1cccc(C(F)(F)F)c1. The highest BCUT2D eigenvalue weighted by molar-refractivity contribution is 8.13. The smallest absolute Gasteiger partial charge is 0.284 e. The lowest BCUT2D eigenvalue weighted by atomic mass is 10.2. The van der Waals surface area contributed by atoms with Crippen LogP contribution >= 0.6 is 28.3 Å². The molecule has 0 aromatic heterocycles. The highest BCUT2D eigenvalue weighted by Crippen LogP contribution is 2.55. The Hall–Kier alpha value is -0.180. The highest BCUT2D eigenvalue weighted by Gasteiger charge is 2.31. The fraction of sp³-hybridized carbons (Fsp3) is 0.143. The number of benzene rings is 1. The van der Waals surface area contributed by atoms with Crippen LogP contribution in [0.3, 0.4) is 0 Å². The number of hydrogen-bond acceptors (Lipinski definition) is 1. The van der Waals surface area contributed by atoms with E-state index in [2.05, 4.69) is 0 Å². The van der Waals surface area contributed by atoms with E-state index in [9.17, 15) is 17.7 Å². The zero-order valence-corrected chi connectivity index (χ0v) is 8.96. The van der Waals surface area contributed by atoms with E-state index < -0.39 is 17.6 Å². The molecule has 0 bridgehead atoms. The molecule has 0 aliphatic heterocycles. The Labute approximate surface area is 87.8 Å². The molecule has 0 fully saturated rings. The summed E-state index contributed by atoms with van der Waals surface area (Å²) in [6.45, 7) is 0. The van der Waals surface area contributed by atoms with Crippen molar-refractivity contribution >= 4 is 33.6 Å². The molecule has 0 aliphatic rings. The van der Waals surface area contributed by atoms with Crippen LogP contribution < -0.4 is 5.30 Å². The zero-order valence-electron chi connectivity index (χ0n) is 6.55. The van der Waals surface area contributed by atoms with E-state index in [1.807, 2.05) is 0 Å². The molecule has 0 spiro atoms. The van der Waals surface area contributed by atoms with Crippen molar-refractivity contribution in [3.8, 4) is 0 Å². The van der Waals surface area contributed by atoms with Crippen LogP contribution in [0.5, 0.6) is 0 Å². The van der Waals surface area contributed by atoms with Crippen LogP contribution in [0.25, 0.3) is 0 Å². The molecule has 0 saturated heterocycles. The first-order chi connectivity index (χ1) is 6.21. The third kappa shape index (κ3) is 2.91. The van der Waals surface area contributed by atoms with Gasteiger partial charge >= 0.3 is 6.18 Å². The zero-order chi connectivity index (χ0) is 11.0. The van der Waals surface area contributed by atoms with Gasteiger partial charge in [-0.25, -0.2) is 0 Å². The van der Waals surface area contributed by atoms with Crippen molar-refractivity contribution in [1.29, 1.82) is 0 Å². The van der Waals surface area contributed by atoms with Crippen LogP contribution in [0, 0.1) is 0 Å². The Bertz CT molecular complexity index is 385.